The van der Waals surface area contributed by atoms with Gasteiger partial charge in [0.1, 0.15) is 6.04 Å². The molecule has 1 aliphatic carbocycles. The number of rotatable bonds is 5. The smallest absolute Gasteiger partial charge is 0.243 e. The third-order valence-electron chi connectivity index (χ3n) is 4.35. The Hall–Kier alpha value is -1.32. The quantitative estimate of drug-likeness (QED) is 0.792. The highest BCUT2D eigenvalue weighted by Gasteiger charge is 2.32. The zero-order valence-electron chi connectivity index (χ0n) is 13.3. The van der Waals surface area contributed by atoms with Crippen LogP contribution in [-0.2, 0) is 9.59 Å². The first-order valence-electron chi connectivity index (χ1n) is 8.32. The van der Waals surface area contributed by atoms with Crippen LogP contribution in [0.15, 0.2) is 12.2 Å². The van der Waals surface area contributed by atoms with E-state index < -0.39 is 0 Å². The summed E-state index contributed by atoms with van der Waals surface area (Å²) in [5.74, 6) is 0.589. The van der Waals surface area contributed by atoms with Crippen molar-refractivity contribution >= 4 is 11.8 Å². The summed E-state index contributed by atoms with van der Waals surface area (Å²) in [6.07, 6.45) is 10.6. The van der Waals surface area contributed by atoms with Crippen LogP contribution in [0.4, 0.5) is 0 Å². The highest BCUT2D eigenvalue weighted by atomic mass is 16.2. The molecule has 1 N–H and O–H groups in total. The normalized spacial score (nSPS) is 24.2. The number of amides is 2. The van der Waals surface area contributed by atoms with Crippen LogP contribution < -0.4 is 5.32 Å². The molecular formula is C17H28N2O2. The van der Waals surface area contributed by atoms with Gasteiger partial charge in [-0.15, -0.1) is 0 Å². The molecule has 1 aliphatic heterocycles. The molecule has 2 aliphatic rings. The van der Waals surface area contributed by atoms with Gasteiger partial charge in [0.15, 0.2) is 0 Å². The summed E-state index contributed by atoms with van der Waals surface area (Å²) in [5, 5.41) is 3.16. The first-order valence-corrected chi connectivity index (χ1v) is 8.32. The number of hydrogen-bond donors (Lipinski definition) is 1. The molecule has 4 heteroatoms. The van der Waals surface area contributed by atoms with Crippen LogP contribution in [0.5, 0.6) is 0 Å². The van der Waals surface area contributed by atoms with Gasteiger partial charge in [-0.1, -0.05) is 26.0 Å². The molecule has 21 heavy (non-hydrogen) atoms. The molecule has 2 rings (SSSR count). The lowest BCUT2D eigenvalue weighted by Gasteiger charge is -2.35. The highest BCUT2D eigenvalue weighted by molar-refractivity contribution is 5.88. The van der Waals surface area contributed by atoms with E-state index in [4.69, 9.17) is 0 Å². The summed E-state index contributed by atoms with van der Waals surface area (Å²) in [4.78, 5) is 26.6. The fourth-order valence-corrected chi connectivity index (χ4v) is 3.20. The van der Waals surface area contributed by atoms with Crippen LogP contribution >= 0.6 is 0 Å². The van der Waals surface area contributed by atoms with Gasteiger partial charge in [0.05, 0.1) is 0 Å². The van der Waals surface area contributed by atoms with Crippen molar-refractivity contribution in [3.63, 3.8) is 0 Å². The topological polar surface area (TPSA) is 49.4 Å². The van der Waals surface area contributed by atoms with Crippen molar-refractivity contribution in [2.75, 3.05) is 6.54 Å². The van der Waals surface area contributed by atoms with E-state index in [0.717, 1.165) is 45.1 Å². The second kappa shape index (κ2) is 7.62. The van der Waals surface area contributed by atoms with Crippen molar-refractivity contribution in [3.8, 4) is 0 Å². The number of hydrogen-bond acceptors (Lipinski definition) is 2. The standard InChI is InChI=1S/C17H28N2O2/c1-13(2)12-15(19-11-7-6-10-16(19)20)17(21)18-14-8-4-3-5-9-14/h3-4,13-15H,5-12H2,1-2H3,(H,18,21)/t14-,15+/m0/s1. The number of allylic oxidation sites excluding steroid dienone is 1. The summed E-state index contributed by atoms with van der Waals surface area (Å²) >= 11 is 0. The Morgan fingerprint density at radius 3 is 2.81 bits per heavy atom. The Kier molecular flexibility index (Phi) is 5.83. The number of nitrogens with zero attached hydrogens (tertiary/aromatic N) is 1. The molecule has 0 aromatic carbocycles. The second-order valence-electron chi connectivity index (χ2n) is 6.68. The Balaban J connectivity index is 2.01. The van der Waals surface area contributed by atoms with Crippen molar-refractivity contribution in [2.24, 2.45) is 5.92 Å². The van der Waals surface area contributed by atoms with Gasteiger partial charge in [0.2, 0.25) is 11.8 Å². The average molecular weight is 292 g/mol. The van der Waals surface area contributed by atoms with Gasteiger partial charge in [-0.2, -0.15) is 0 Å². The van der Waals surface area contributed by atoms with Crippen LogP contribution in [0, 0.1) is 5.92 Å². The molecule has 4 nitrogen and oxygen atoms in total. The van der Waals surface area contributed by atoms with Crippen LogP contribution in [0.2, 0.25) is 0 Å². The van der Waals surface area contributed by atoms with Crippen molar-refractivity contribution < 1.29 is 9.59 Å². The van der Waals surface area contributed by atoms with Gasteiger partial charge in [0.25, 0.3) is 0 Å². The number of carbonyl (C=O) groups is 2. The van der Waals surface area contributed by atoms with Crippen molar-refractivity contribution in [2.45, 2.75) is 70.9 Å². The van der Waals surface area contributed by atoms with Gasteiger partial charge in [-0.3, -0.25) is 9.59 Å². The summed E-state index contributed by atoms with van der Waals surface area (Å²) in [6, 6.07) is -0.0549. The van der Waals surface area contributed by atoms with Crippen LogP contribution in [0.1, 0.15) is 58.8 Å². The molecule has 1 fully saturated rings. The lowest BCUT2D eigenvalue weighted by molar-refractivity contribution is -0.143. The summed E-state index contributed by atoms with van der Waals surface area (Å²) < 4.78 is 0. The number of carbonyl (C=O) groups excluding carboxylic acids is 2. The van der Waals surface area contributed by atoms with E-state index in [2.05, 4.69) is 31.3 Å². The molecule has 0 bridgehead atoms. The van der Waals surface area contributed by atoms with Crippen LogP contribution in [0.25, 0.3) is 0 Å². The Morgan fingerprint density at radius 1 is 1.38 bits per heavy atom. The first-order chi connectivity index (χ1) is 10.1. The van der Waals surface area contributed by atoms with E-state index in [1.807, 2.05) is 4.90 Å². The predicted molar refractivity (Wildman–Crippen MR) is 83.7 cm³/mol. The zero-order chi connectivity index (χ0) is 15.2. The van der Waals surface area contributed by atoms with Crippen molar-refractivity contribution in [1.29, 1.82) is 0 Å². The largest absolute Gasteiger partial charge is 0.351 e. The van der Waals surface area contributed by atoms with Crippen molar-refractivity contribution in [1.82, 2.24) is 10.2 Å². The van der Waals surface area contributed by atoms with E-state index in [9.17, 15) is 9.59 Å². The van der Waals surface area contributed by atoms with Gasteiger partial charge >= 0.3 is 0 Å². The van der Waals surface area contributed by atoms with Gasteiger partial charge in [-0.05, 0) is 44.4 Å². The SMILES string of the molecule is CC(C)C[C@H](C(=O)N[C@H]1CC=CCC1)N1CCCCC1=O. The molecule has 1 heterocycles. The van der Waals surface area contributed by atoms with E-state index in [1.54, 1.807) is 0 Å². The summed E-state index contributed by atoms with van der Waals surface area (Å²) in [6.45, 7) is 4.95. The summed E-state index contributed by atoms with van der Waals surface area (Å²) in [5.41, 5.74) is 0. The molecule has 118 valence electrons. The van der Waals surface area contributed by atoms with Crippen LogP contribution in [0.3, 0.4) is 0 Å². The minimum absolute atomic E-state index is 0.0410. The molecule has 1 saturated heterocycles. The molecule has 0 spiro atoms. The van der Waals surface area contributed by atoms with Gasteiger partial charge in [0, 0.05) is 19.0 Å². The lowest BCUT2D eigenvalue weighted by Crippen LogP contribution is -2.53. The van der Waals surface area contributed by atoms with E-state index in [1.165, 1.54) is 0 Å². The number of likely N-dealkylation sites (tertiary alicyclic amines) is 1. The molecule has 0 saturated carbocycles. The maximum atomic E-state index is 12.7. The predicted octanol–water partition coefficient (Wildman–Crippen LogP) is 2.64. The lowest BCUT2D eigenvalue weighted by atomic mass is 9.97. The molecule has 2 amide bonds. The Labute approximate surface area is 128 Å². The average Bonchev–Trinajstić information content (AvgIpc) is 2.46. The molecular weight excluding hydrogens is 264 g/mol. The van der Waals surface area contributed by atoms with Crippen LogP contribution in [-0.4, -0.2) is 35.3 Å². The Bertz CT molecular complexity index is 404. The van der Waals surface area contributed by atoms with E-state index >= 15 is 0 Å². The van der Waals surface area contributed by atoms with Crippen molar-refractivity contribution in [3.05, 3.63) is 12.2 Å². The molecule has 0 unspecified atom stereocenters. The number of nitrogens with one attached hydrogen (secondary N) is 1. The maximum Gasteiger partial charge on any atom is 0.243 e. The third kappa shape index (κ3) is 4.58. The minimum Gasteiger partial charge on any atom is -0.351 e. The summed E-state index contributed by atoms with van der Waals surface area (Å²) in [7, 11) is 0. The first kappa shape index (κ1) is 16.1. The van der Waals surface area contributed by atoms with Gasteiger partial charge < -0.3 is 10.2 Å². The third-order valence-corrected chi connectivity index (χ3v) is 4.35. The zero-order valence-corrected chi connectivity index (χ0v) is 13.3. The number of piperidine rings is 1. The molecule has 0 aromatic rings. The van der Waals surface area contributed by atoms with E-state index in [0.29, 0.717) is 12.3 Å². The van der Waals surface area contributed by atoms with Gasteiger partial charge in [-0.25, -0.2) is 0 Å². The fourth-order valence-electron chi connectivity index (χ4n) is 3.20. The monoisotopic (exact) mass is 292 g/mol. The second-order valence-corrected chi connectivity index (χ2v) is 6.68. The maximum absolute atomic E-state index is 12.7. The highest BCUT2D eigenvalue weighted by Crippen LogP contribution is 2.20. The van der Waals surface area contributed by atoms with E-state index in [-0.39, 0.29) is 23.9 Å². The molecule has 0 aromatic heterocycles. The molecule has 2 atom stereocenters. The Morgan fingerprint density at radius 2 is 2.19 bits per heavy atom. The fraction of sp³-hybridized carbons (Fsp3) is 0.765. The molecule has 0 radical (unpaired) electrons. The minimum atomic E-state index is -0.288.